The van der Waals surface area contributed by atoms with Gasteiger partial charge in [0.1, 0.15) is 5.75 Å². The summed E-state index contributed by atoms with van der Waals surface area (Å²) in [7, 11) is 0. The molecule has 0 aliphatic carbocycles. The number of aromatic hydroxyl groups is 1. The molecule has 2 aromatic rings. The Morgan fingerprint density at radius 3 is 2.50 bits per heavy atom. The van der Waals surface area contributed by atoms with Crippen LogP contribution in [0.5, 0.6) is 5.75 Å². The summed E-state index contributed by atoms with van der Waals surface area (Å²) in [4.78, 5) is 21.9. The van der Waals surface area contributed by atoms with Gasteiger partial charge in [-0.25, -0.2) is 4.79 Å². The topological polar surface area (TPSA) is 104 Å². The number of anilines is 1. The highest BCUT2D eigenvalue weighted by molar-refractivity contribution is 5.91. The van der Waals surface area contributed by atoms with Crippen LogP contribution in [0.2, 0.25) is 0 Å². The first-order chi connectivity index (χ1) is 10.5. The summed E-state index contributed by atoms with van der Waals surface area (Å²) in [5.41, 5.74) is 0.787. The predicted octanol–water partition coefficient (Wildman–Crippen LogP) is 3.18. The van der Waals surface area contributed by atoms with Crippen molar-refractivity contribution >= 4 is 17.4 Å². The van der Waals surface area contributed by atoms with Crippen molar-refractivity contribution in [3.05, 3.63) is 64.2 Å². The van der Waals surface area contributed by atoms with Crippen molar-refractivity contribution in [3.63, 3.8) is 0 Å². The molecule has 0 aromatic heterocycles. The van der Waals surface area contributed by atoms with E-state index in [9.17, 15) is 20.0 Å². The van der Waals surface area contributed by atoms with Gasteiger partial charge in [-0.2, -0.15) is 0 Å². The molecular weight excluding hydrogens is 286 g/mol. The van der Waals surface area contributed by atoms with E-state index in [1.807, 2.05) is 37.3 Å². The van der Waals surface area contributed by atoms with Crippen molar-refractivity contribution in [2.24, 2.45) is 0 Å². The summed E-state index contributed by atoms with van der Waals surface area (Å²) in [6.07, 6.45) is 0. The molecule has 114 valence electrons. The number of phenols is 1. The molecule has 1 atom stereocenters. The first kappa shape index (κ1) is 15.3. The van der Waals surface area contributed by atoms with Gasteiger partial charge in [-0.05, 0) is 18.6 Å². The third-order valence-corrected chi connectivity index (χ3v) is 3.09. The van der Waals surface area contributed by atoms with E-state index in [4.69, 9.17) is 0 Å². The zero-order valence-corrected chi connectivity index (χ0v) is 11.8. The highest BCUT2D eigenvalue weighted by atomic mass is 16.6. The van der Waals surface area contributed by atoms with Crippen LogP contribution in [-0.2, 0) is 0 Å². The van der Waals surface area contributed by atoms with E-state index >= 15 is 0 Å². The van der Waals surface area contributed by atoms with Crippen molar-refractivity contribution in [1.29, 1.82) is 0 Å². The van der Waals surface area contributed by atoms with Crippen LogP contribution >= 0.6 is 0 Å². The minimum Gasteiger partial charge on any atom is -0.506 e. The molecular formula is C15H15N3O4. The predicted molar refractivity (Wildman–Crippen MR) is 81.8 cm³/mol. The number of non-ortho nitro benzene ring substituents is 1. The molecule has 0 saturated heterocycles. The maximum atomic E-state index is 11.9. The first-order valence-corrected chi connectivity index (χ1v) is 6.57. The number of urea groups is 1. The second kappa shape index (κ2) is 6.57. The number of benzene rings is 2. The van der Waals surface area contributed by atoms with Crippen LogP contribution < -0.4 is 10.6 Å². The first-order valence-electron chi connectivity index (χ1n) is 6.57. The Morgan fingerprint density at radius 1 is 1.23 bits per heavy atom. The number of rotatable bonds is 4. The number of hydrogen-bond donors (Lipinski definition) is 3. The minimum absolute atomic E-state index is 0.100. The summed E-state index contributed by atoms with van der Waals surface area (Å²) >= 11 is 0. The summed E-state index contributed by atoms with van der Waals surface area (Å²) in [5.74, 6) is -0.364. The largest absolute Gasteiger partial charge is 0.506 e. The molecule has 7 heteroatoms. The SMILES string of the molecule is C[C@H](NC(=O)Nc1ccc([N+](=O)[O-])cc1O)c1ccccc1. The molecule has 0 spiro atoms. The van der Waals surface area contributed by atoms with Gasteiger partial charge < -0.3 is 15.7 Å². The van der Waals surface area contributed by atoms with Gasteiger partial charge in [0.2, 0.25) is 0 Å². The fraction of sp³-hybridized carbons (Fsp3) is 0.133. The van der Waals surface area contributed by atoms with Gasteiger partial charge in [0, 0.05) is 6.07 Å². The van der Waals surface area contributed by atoms with E-state index in [-0.39, 0.29) is 23.2 Å². The normalized spacial score (nSPS) is 11.5. The lowest BCUT2D eigenvalue weighted by atomic mass is 10.1. The van der Waals surface area contributed by atoms with E-state index in [1.165, 1.54) is 12.1 Å². The van der Waals surface area contributed by atoms with Crippen LogP contribution in [0.4, 0.5) is 16.2 Å². The highest BCUT2D eigenvalue weighted by Gasteiger charge is 2.13. The van der Waals surface area contributed by atoms with Crippen LogP contribution in [0.1, 0.15) is 18.5 Å². The van der Waals surface area contributed by atoms with E-state index in [2.05, 4.69) is 10.6 Å². The van der Waals surface area contributed by atoms with Gasteiger partial charge in [0.25, 0.3) is 5.69 Å². The minimum atomic E-state index is -0.624. The Labute approximate surface area is 126 Å². The van der Waals surface area contributed by atoms with Crippen LogP contribution in [0.25, 0.3) is 0 Å². The van der Waals surface area contributed by atoms with Crippen LogP contribution in [0.3, 0.4) is 0 Å². The van der Waals surface area contributed by atoms with Crippen molar-refractivity contribution in [3.8, 4) is 5.75 Å². The zero-order chi connectivity index (χ0) is 16.1. The van der Waals surface area contributed by atoms with Gasteiger partial charge in [-0.1, -0.05) is 30.3 Å². The Hall–Kier alpha value is -3.09. The number of carbonyl (C=O) groups excluding carboxylic acids is 1. The summed E-state index contributed by atoms with van der Waals surface area (Å²) < 4.78 is 0. The lowest BCUT2D eigenvalue weighted by Gasteiger charge is -2.15. The number of nitrogens with zero attached hydrogens (tertiary/aromatic N) is 1. The van der Waals surface area contributed by atoms with E-state index in [0.717, 1.165) is 11.6 Å². The highest BCUT2D eigenvalue weighted by Crippen LogP contribution is 2.27. The molecule has 22 heavy (non-hydrogen) atoms. The average molecular weight is 301 g/mol. The number of hydrogen-bond acceptors (Lipinski definition) is 4. The van der Waals surface area contributed by atoms with Crippen molar-refractivity contribution in [2.75, 3.05) is 5.32 Å². The molecule has 0 bridgehead atoms. The van der Waals surface area contributed by atoms with E-state index in [1.54, 1.807) is 0 Å². The number of nitro groups is 1. The monoisotopic (exact) mass is 301 g/mol. The molecule has 7 nitrogen and oxygen atoms in total. The number of phenolic OH excluding ortho intramolecular Hbond substituents is 1. The maximum Gasteiger partial charge on any atom is 0.319 e. The third kappa shape index (κ3) is 3.72. The van der Waals surface area contributed by atoms with Gasteiger partial charge >= 0.3 is 6.03 Å². The number of carbonyl (C=O) groups is 1. The summed E-state index contributed by atoms with van der Waals surface area (Å²) in [5, 5.41) is 25.4. The zero-order valence-electron chi connectivity index (χ0n) is 11.8. The van der Waals surface area contributed by atoms with Gasteiger partial charge in [0.05, 0.1) is 22.7 Å². The van der Waals surface area contributed by atoms with Crippen LogP contribution in [0, 0.1) is 10.1 Å². The standard InChI is InChI=1S/C15H15N3O4/c1-10(11-5-3-2-4-6-11)16-15(20)17-13-8-7-12(18(21)22)9-14(13)19/h2-10,19H,1H3,(H2,16,17,20)/t10-/m0/s1. The summed E-state index contributed by atoms with van der Waals surface area (Å²) in [6, 6.07) is 12.1. The smallest absolute Gasteiger partial charge is 0.319 e. The van der Waals surface area contributed by atoms with Crippen molar-refractivity contribution < 1.29 is 14.8 Å². The van der Waals surface area contributed by atoms with E-state index in [0.29, 0.717) is 0 Å². The van der Waals surface area contributed by atoms with Crippen molar-refractivity contribution in [1.82, 2.24) is 5.32 Å². The second-order valence-electron chi connectivity index (χ2n) is 4.69. The number of nitro benzene ring substituents is 1. The molecule has 0 radical (unpaired) electrons. The Balaban J connectivity index is 2.02. The fourth-order valence-corrected chi connectivity index (χ4v) is 1.92. The van der Waals surface area contributed by atoms with E-state index < -0.39 is 11.0 Å². The third-order valence-electron chi connectivity index (χ3n) is 3.09. The Kier molecular flexibility index (Phi) is 4.57. The molecule has 0 aliphatic heterocycles. The molecule has 0 saturated carbocycles. The lowest BCUT2D eigenvalue weighted by Crippen LogP contribution is -2.31. The number of amides is 2. The molecule has 0 aliphatic rings. The maximum absolute atomic E-state index is 11.9. The van der Waals surface area contributed by atoms with Crippen molar-refractivity contribution in [2.45, 2.75) is 13.0 Å². The number of nitrogens with one attached hydrogen (secondary N) is 2. The van der Waals surface area contributed by atoms with Gasteiger partial charge in [-0.15, -0.1) is 0 Å². The Bertz CT molecular complexity index is 688. The molecule has 2 amide bonds. The van der Waals surface area contributed by atoms with Gasteiger partial charge in [0.15, 0.2) is 0 Å². The molecule has 0 heterocycles. The quantitative estimate of drug-likeness (QED) is 0.458. The fourth-order valence-electron chi connectivity index (χ4n) is 1.92. The Morgan fingerprint density at radius 2 is 1.91 bits per heavy atom. The molecule has 2 rings (SSSR count). The summed E-state index contributed by atoms with van der Waals surface area (Å²) in [6.45, 7) is 1.82. The lowest BCUT2D eigenvalue weighted by molar-refractivity contribution is -0.384. The molecule has 2 aromatic carbocycles. The molecule has 3 N–H and O–H groups in total. The van der Waals surface area contributed by atoms with Crippen LogP contribution in [0.15, 0.2) is 48.5 Å². The second-order valence-corrected chi connectivity index (χ2v) is 4.69. The molecule has 0 fully saturated rings. The molecule has 0 unspecified atom stereocenters. The average Bonchev–Trinajstić information content (AvgIpc) is 2.50. The van der Waals surface area contributed by atoms with Gasteiger partial charge in [-0.3, -0.25) is 10.1 Å². The van der Waals surface area contributed by atoms with Crippen LogP contribution in [-0.4, -0.2) is 16.1 Å².